The molecular formula is C16H26N4O3. The molecule has 2 aliphatic heterocycles. The van der Waals surface area contributed by atoms with Crippen LogP contribution in [0.25, 0.3) is 0 Å². The van der Waals surface area contributed by atoms with E-state index in [-0.39, 0.29) is 11.9 Å². The highest BCUT2D eigenvalue weighted by molar-refractivity contribution is 5.78. The van der Waals surface area contributed by atoms with Gasteiger partial charge >= 0.3 is 0 Å². The molecule has 0 aromatic carbocycles. The van der Waals surface area contributed by atoms with Crippen molar-refractivity contribution in [3.63, 3.8) is 0 Å². The van der Waals surface area contributed by atoms with Crippen molar-refractivity contribution >= 4 is 5.91 Å². The molecule has 1 atom stereocenters. The van der Waals surface area contributed by atoms with Gasteiger partial charge in [0.05, 0.1) is 13.2 Å². The first-order valence-corrected chi connectivity index (χ1v) is 8.61. The molecule has 7 nitrogen and oxygen atoms in total. The summed E-state index contributed by atoms with van der Waals surface area (Å²) in [5.74, 6) is 1.41. The molecular weight excluding hydrogens is 296 g/mol. The Hall–Kier alpha value is -1.47. The fourth-order valence-electron chi connectivity index (χ4n) is 3.41. The van der Waals surface area contributed by atoms with Crippen molar-refractivity contribution in [2.24, 2.45) is 0 Å². The Morgan fingerprint density at radius 2 is 2.04 bits per heavy atom. The summed E-state index contributed by atoms with van der Waals surface area (Å²) in [5.41, 5.74) is 0. The number of nitrogens with zero attached hydrogens (tertiary/aromatic N) is 4. The Kier molecular flexibility index (Phi) is 5.61. The summed E-state index contributed by atoms with van der Waals surface area (Å²) < 4.78 is 10.5. The lowest BCUT2D eigenvalue weighted by molar-refractivity contribution is -0.136. The predicted molar refractivity (Wildman–Crippen MR) is 83.9 cm³/mol. The fourth-order valence-corrected chi connectivity index (χ4v) is 3.41. The van der Waals surface area contributed by atoms with E-state index in [4.69, 9.17) is 9.26 Å². The maximum Gasteiger partial charge on any atom is 0.249 e. The molecule has 1 aromatic heterocycles. The third-order valence-corrected chi connectivity index (χ3v) is 4.68. The smallest absolute Gasteiger partial charge is 0.249 e. The van der Waals surface area contributed by atoms with Crippen LogP contribution in [0.5, 0.6) is 0 Å². The maximum absolute atomic E-state index is 12.7. The maximum atomic E-state index is 12.7. The van der Waals surface area contributed by atoms with E-state index in [0.717, 1.165) is 38.9 Å². The van der Waals surface area contributed by atoms with Crippen LogP contribution in [0.2, 0.25) is 0 Å². The van der Waals surface area contributed by atoms with Gasteiger partial charge in [-0.15, -0.1) is 0 Å². The zero-order chi connectivity index (χ0) is 16.1. The quantitative estimate of drug-likeness (QED) is 0.788. The number of piperidine rings is 1. The number of carbonyl (C=O) groups excluding carboxylic acids is 1. The zero-order valence-electron chi connectivity index (χ0n) is 13.9. The van der Waals surface area contributed by atoms with Gasteiger partial charge in [-0.1, -0.05) is 5.16 Å². The van der Waals surface area contributed by atoms with Gasteiger partial charge in [-0.05, 0) is 45.2 Å². The standard InChI is InChI=1S/C16H26N4O3/c1-22-11-7-14-17-16(23-18-14)13-6-2-3-10-20(13)15(21)12-19-8-4-5-9-19/h13H,2-12H2,1H3/t13-/m1/s1. The highest BCUT2D eigenvalue weighted by atomic mass is 16.5. The first-order chi connectivity index (χ1) is 11.3. The van der Waals surface area contributed by atoms with Gasteiger partial charge in [-0.2, -0.15) is 4.98 Å². The second-order valence-corrected chi connectivity index (χ2v) is 6.37. The van der Waals surface area contributed by atoms with Crippen LogP contribution in [0.3, 0.4) is 0 Å². The average Bonchev–Trinajstić information content (AvgIpc) is 3.24. The van der Waals surface area contributed by atoms with Crippen molar-refractivity contribution in [1.82, 2.24) is 19.9 Å². The van der Waals surface area contributed by atoms with Crippen molar-refractivity contribution < 1.29 is 14.1 Å². The molecule has 2 fully saturated rings. The number of amides is 1. The van der Waals surface area contributed by atoms with E-state index in [1.54, 1.807) is 7.11 Å². The van der Waals surface area contributed by atoms with Gasteiger partial charge in [0.2, 0.25) is 11.8 Å². The molecule has 0 N–H and O–H groups in total. The number of ether oxygens (including phenoxy) is 1. The summed E-state index contributed by atoms with van der Waals surface area (Å²) in [7, 11) is 1.65. The Labute approximate surface area is 137 Å². The second kappa shape index (κ2) is 7.88. The van der Waals surface area contributed by atoms with Crippen LogP contribution in [-0.2, 0) is 16.0 Å². The Morgan fingerprint density at radius 1 is 1.26 bits per heavy atom. The van der Waals surface area contributed by atoms with Crippen LogP contribution >= 0.6 is 0 Å². The highest BCUT2D eigenvalue weighted by Crippen LogP contribution is 2.30. The van der Waals surface area contributed by atoms with Crippen LogP contribution in [0.15, 0.2) is 4.52 Å². The van der Waals surface area contributed by atoms with E-state index >= 15 is 0 Å². The molecule has 2 saturated heterocycles. The molecule has 0 aliphatic carbocycles. The van der Waals surface area contributed by atoms with Crippen LogP contribution in [0, 0.1) is 0 Å². The van der Waals surface area contributed by atoms with Crippen molar-refractivity contribution in [2.45, 2.75) is 44.6 Å². The minimum absolute atomic E-state index is 0.0670. The molecule has 7 heteroatoms. The molecule has 0 radical (unpaired) electrons. The first-order valence-electron chi connectivity index (χ1n) is 8.61. The Balaban J connectivity index is 1.65. The lowest BCUT2D eigenvalue weighted by Gasteiger charge is -2.34. The third-order valence-electron chi connectivity index (χ3n) is 4.68. The van der Waals surface area contributed by atoms with Gasteiger partial charge in [0, 0.05) is 20.1 Å². The van der Waals surface area contributed by atoms with Gasteiger partial charge in [0.15, 0.2) is 5.82 Å². The Morgan fingerprint density at radius 3 is 2.83 bits per heavy atom. The van der Waals surface area contributed by atoms with E-state index < -0.39 is 0 Å². The number of methoxy groups -OCH3 is 1. The molecule has 2 aliphatic rings. The normalized spacial score (nSPS) is 22.7. The minimum atomic E-state index is -0.0670. The van der Waals surface area contributed by atoms with E-state index in [2.05, 4.69) is 15.0 Å². The summed E-state index contributed by atoms with van der Waals surface area (Å²) >= 11 is 0. The van der Waals surface area contributed by atoms with Crippen LogP contribution in [0.4, 0.5) is 0 Å². The van der Waals surface area contributed by atoms with E-state index in [9.17, 15) is 4.79 Å². The van der Waals surface area contributed by atoms with Gasteiger partial charge < -0.3 is 14.2 Å². The summed E-state index contributed by atoms with van der Waals surface area (Å²) in [4.78, 5) is 21.3. The first kappa shape index (κ1) is 16.4. The molecule has 1 amide bonds. The number of hydrogen-bond acceptors (Lipinski definition) is 6. The topological polar surface area (TPSA) is 71.7 Å². The molecule has 128 valence electrons. The number of hydrogen-bond donors (Lipinski definition) is 0. The van der Waals surface area contributed by atoms with E-state index in [0.29, 0.717) is 31.3 Å². The van der Waals surface area contributed by atoms with Gasteiger partial charge in [-0.3, -0.25) is 9.69 Å². The molecule has 0 saturated carbocycles. The zero-order valence-corrected chi connectivity index (χ0v) is 13.9. The predicted octanol–water partition coefficient (Wildman–Crippen LogP) is 1.41. The van der Waals surface area contributed by atoms with Crippen molar-refractivity contribution in [1.29, 1.82) is 0 Å². The van der Waals surface area contributed by atoms with Crippen LogP contribution < -0.4 is 0 Å². The van der Waals surface area contributed by atoms with E-state index in [1.807, 2.05) is 4.90 Å². The lowest BCUT2D eigenvalue weighted by Crippen LogP contribution is -2.43. The van der Waals surface area contributed by atoms with Gasteiger partial charge in [0.1, 0.15) is 6.04 Å². The minimum Gasteiger partial charge on any atom is -0.384 e. The fraction of sp³-hybridized carbons (Fsp3) is 0.812. The number of aromatic nitrogens is 2. The number of carbonyl (C=O) groups is 1. The number of likely N-dealkylation sites (tertiary alicyclic amines) is 2. The molecule has 0 bridgehead atoms. The molecule has 23 heavy (non-hydrogen) atoms. The van der Waals surface area contributed by atoms with Gasteiger partial charge in [-0.25, -0.2) is 0 Å². The summed E-state index contributed by atoms with van der Waals surface area (Å²) in [6.07, 6.45) is 6.07. The molecule has 0 unspecified atom stereocenters. The van der Waals surface area contributed by atoms with Gasteiger partial charge in [0.25, 0.3) is 0 Å². The van der Waals surface area contributed by atoms with Crippen molar-refractivity contribution in [3.05, 3.63) is 11.7 Å². The molecule has 1 aromatic rings. The Bertz CT molecular complexity index is 513. The lowest BCUT2D eigenvalue weighted by atomic mass is 10.0. The van der Waals surface area contributed by atoms with Crippen LogP contribution in [0.1, 0.15) is 49.9 Å². The highest BCUT2D eigenvalue weighted by Gasteiger charge is 2.32. The molecule has 0 spiro atoms. The average molecular weight is 322 g/mol. The van der Waals surface area contributed by atoms with Crippen molar-refractivity contribution in [3.8, 4) is 0 Å². The third kappa shape index (κ3) is 4.09. The van der Waals surface area contributed by atoms with Crippen LogP contribution in [-0.4, -0.2) is 65.7 Å². The summed E-state index contributed by atoms with van der Waals surface area (Å²) in [6, 6.07) is -0.0670. The largest absolute Gasteiger partial charge is 0.384 e. The monoisotopic (exact) mass is 322 g/mol. The SMILES string of the molecule is COCCc1noc([C@H]2CCCCN2C(=O)CN2CCCC2)n1. The van der Waals surface area contributed by atoms with E-state index in [1.165, 1.54) is 12.8 Å². The second-order valence-electron chi connectivity index (χ2n) is 6.37. The molecule has 3 heterocycles. The van der Waals surface area contributed by atoms with Crippen molar-refractivity contribution in [2.75, 3.05) is 39.9 Å². The summed E-state index contributed by atoms with van der Waals surface area (Å²) in [6.45, 7) is 3.94. The summed E-state index contributed by atoms with van der Waals surface area (Å²) in [5, 5.41) is 4.01. The molecule has 3 rings (SSSR count). The number of rotatable bonds is 6.